The first kappa shape index (κ1) is 15.4. The molecular weight excluding hydrogens is 256 g/mol. The molecule has 0 aliphatic heterocycles. The largest absolute Gasteiger partial charge is 0.316 e. The van der Waals surface area contributed by atoms with Crippen molar-refractivity contribution in [2.24, 2.45) is 11.8 Å². The van der Waals surface area contributed by atoms with E-state index in [1.807, 2.05) is 0 Å². The summed E-state index contributed by atoms with van der Waals surface area (Å²) in [6, 6.07) is 3.86. The van der Waals surface area contributed by atoms with E-state index in [1.54, 1.807) is 0 Å². The van der Waals surface area contributed by atoms with E-state index in [-0.39, 0.29) is 17.6 Å². The van der Waals surface area contributed by atoms with Crippen LogP contribution in [0.5, 0.6) is 0 Å². The van der Waals surface area contributed by atoms with Gasteiger partial charge >= 0.3 is 0 Å². The average molecular weight is 281 g/mol. The van der Waals surface area contributed by atoms with Crippen molar-refractivity contribution in [3.63, 3.8) is 0 Å². The third kappa shape index (κ3) is 3.78. The Kier molecular flexibility index (Phi) is 5.53. The van der Waals surface area contributed by atoms with Gasteiger partial charge in [-0.1, -0.05) is 20.3 Å². The van der Waals surface area contributed by atoms with E-state index in [0.29, 0.717) is 17.4 Å². The Labute approximate surface area is 120 Å². The van der Waals surface area contributed by atoms with Crippen molar-refractivity contribution in [3.8, 4) is 0 Å². The van der Waals surface area contributed by atoms with Crippen LogP contribution in [0.1, 0.15) is 51.0 Å². The average Bonchev–Trinajstić information content (AvgIpc) is 2.43. The Morgan fingerprint density at radius 1 is 1.25 bits per heavy atom. The second-order valence-corrected chi connectivity index (χ2v) is 6.15. The van der Waals surface area contributed by atoms with Crippen molar-refractivity contribution in [1.82, 2.24) is 5.32 Å². The van der Waals surface area contributed by atoms with Gasteiger partial charge in [-0.25, -0.2) is 8.78 Å². The zero-order chi connectivity index (χ0) is 14.5. The summed E-state index contributed by atoms with van der Waals surface area (Å²) in [5, 5.41) is 3.44. The fraction of sp³-hybridized carbons (Fsp3) is 0.647. The second-order valence-electron chi connectivity index (χ2n) is 6.15. The molecule has 3 unspecified atom stereocenters. The molecule has 1 N–H and O–H groups in total. The summed E-state index contributed by atoms with van der Waals surface area (Å²) in [5.74, 6) is 0.545. The zero-order valence-electron chi connectivity index (χ0n) is 12.5. The molecule has 2 rings (SSSR count). The highest BCUT2D eigenvalue weighted by Crippen LogP contribution is 2.41. The van der Waals surface area contributed by atoms with E-state index in [4.69, 9.17) is 0 Å². The van der Waals surface area contributed by atoms with Gasteiger partial charge in [-0.05, 0) is 73.9 Å². The summed E-state index contributed by atoms with van der Waals surface area (Å²) in [5.41, 5.74) is 0.569. The fourth-order valence-corrected chi connectivity index (χ4v) is 3.33. The monoisotopic (exact) mass is 281 g/mol. The number of halogens is 2. The van der Waals surface area contributed by atoms with Crippen LogP contribution in [0.4, 0.5) is 8.78 Å². The van der Waals surface area contributed by atoms with Crippen molar-refractivity contribution in [2.45, 2.75) is 45.4 Å². The summed E-state index contributed by atoms with van der Waals surface area (Å²) in [7, 11) is 0. The standard InChI is InChI=1S/C17H25F2N/c1-3-8-20-11-13-5-4-12(2)9-15(13)16-10-14(18)6-7-17(16)19/h6-7,10,12-13,15,20H,3-5,8-9,11H2,1-2H3. The summed E-state index contributed by atoms with van der Waals surface area (Å²) < 4.78 is 27.5. The van der Waals surface area contributed by atoms with Crippen molar-refractivity contribution in [3.05, 3.63) is 35.4 Å². The number of hydrogen-bond acceptors (Lipinski definition) is 1. The number of benzene rings is 1. The van der Waals surface area contributed by atoms with Crippen molar-refractivity contribution < 1.29 is 8.78 Å². The lowest BCUT2D eigenvalue weighted by atomic mass is 9.71. The highest BCUT2D eigenvalue weighted by molar-refractivity contribution is 5.24. The molecule has 1 aromatic carbocycles. The highest BCUT2D eigenvalue weighted by atomic mass is 19.1. The van der Waals surface area contributed by atoms with Crippen LogP contribution in [-0.4, -0.2) is 13.1 Å². The quantitative estimate of drug-likeness (QED) is 0.784. The maximum atomic E-state index is 14.1. The molecule has 20 heavy (non-hydrogen) atoms. The normalized spacial score (nSPS) is 26.7. The molecular formula is C17H25F2N. The van der Waals surface area contributed by atoms with Crippen LogP contribution in [0.2, 0.25) is 0 Å². The zero-order valence-corrected chi connectivity index (χ0v) is 12.5. The molecule has 1 fully saturated rings. The predicted octanol–water partition coefficient (Wildman–Crippen LogP) is 4.48. The molecule has 1 aliphatic rings. The molecule has 112 valence electrons. The van der Waals surface area contributed by atoms with Crippen LogP contribution in [0, 0.1) is 23.5 Å². The molecule has 0 bridgehead atoms. The van der Waals surface area contributed by atoms with Crippen molar-refractivity contribution in [2.75, 3.05) is 13.1 Å². The van der Waals surface area contributed by atoms with Crippen LogP contribution in [0.25, 0.3) is 0 Å². The molecule has 0 saturated heterocycles. The summed E-state index contributed by atoms with van der Waals surface area (Å²) in [4.78, 5) is 0. The summed E-state index contributed by atoms with van der Waals surface area (Å²) in [6.07, 6.45) is 4.34. The fourth-order valence-electron chi connectivity index (χ4n) is 3.33. The van der Waals surface area contributed by atoms with Gasteiger partial charge in [-0.15, -0.1) is 0 Å². The van der Waals surface area contributed by atoms with Crippen LogP contribution in [0.15, 0.2) is 18.2 Å². The Hall–Kier alpha value is -0.960. The molecule has 0 aromatic heterocycles. The van der Waals surface area contributed by atoms with Gasteiger partial charge in [0.15, 0.2) is 0 Å². The van der Waals surface area contributed by atoms with Gasteiger partial charge in [-0.2, -0.15) is 0 Å². The van der Waals surface area contributed by atoms with Gasteiger partial charge in [0.1, 0.15) is 11.6 Å². The van der Waals surface area contributed by atoms with Crippen LogP contribution >= 0.6 is 0 Å². The molecule has 1 aliphatic carbocycles. The van der Waals surface area contributed by atoms with Gasteiger partial charge in [0.25, 0.3) is 0 Å². The first-order valence-corrected chi connectivity index (χ1v) is 7.77. The lowest BCUT2D eigenvalue weighted by molar-refractivity contribution is 0.237. The van der Waals surface area contributed by atoms with E-state index < -0.39 is 0 Å². The van der Waals surface area contributed by atoms with Crippen LogP contribution in [0.3, 0.4) is 0 Å². The minimum absolute atomic E-state index is 0.138. The van der Waals surface area contributed by atoms with E-state index in [1.165, 1.54) is 24.6 Å². The van der Waals surface area contributed by atoms with Gasteiger partial charge in [0, 0.05) is 0 Å². The number of hydrogen-bond donors (Lipinski definition) is 1. The lowest BCUT2D eigenvalue weighted by Gasteiger charge is -2.35. The minimum Gasteiger partial charge on any atom is -0.316 e. The maximum absolute atomic E-state index is 14.1. The summed E-state index contributed by atoms with van der Waals surface area (Å²) >= 11 is 0. The highest BCUT2D eigenvalue weighted by Gasteiger charge is 2.31. The molecule has 0 radical (unpaired) electrons. The second kappa shape index (κ2) is 7.16. The maximum Gasteiger partial charge on any atom is 0.126 e. The number of rotatable bonds is 5. The van der Waals surface area contributed by atoms with Gasteiger partial charge < -0.3 is 5.32 Å². The van der Waals surface area contributed by atoms with Gasteiger partial charge in [-0.3, -0.25) is 0 Å². The van der Waals surface area contributed by atoms with Crippen molar-refractivity contribution >= 4 is 0 Å². The first-order valence-electron chi connectivity index (χ1n) is 7.77. The van der Waals surface area contributed by atoms with E-state index in [2.05, 4.69) is 19.2 Å². The third-order valence-electron chi connectivity index (χ3n) is 4.45. The van der Waals surface area contributed by atoms with Crippen LogP contribution in [-0.2, 0) is 0 Å². The van der Waals surface area contributed by atoms with Crippen LogP contribution < -0.4 is 5.32 Å². The Balaban J connectivity index is 2.16. The van der Waals surface area contributed by atoms with E-state index >= 15 is 0 Å². The predicted molar refractivity (Wildman–Crippen MR) is 78.8 cm³/mol. The molecule has 0 heterocycles. The van der Waals surface area contributed by atoms with Crippen molar-refractivity contribution in [1.29, 1.82) is 0 Å². The van der Waals surface area contributed by atoms with Gasteiger partial charge in [0.2, 0.25) is 0 Å². The molecule has 3 heteroatoms. The van der Waals surface area contributed by atoms with E-state index in [0.717, 1.165) is 32.4 Å². The third-order valence-corrected chi connectivity index (χ3v) is 4.45. The molecule has 3 atom stereocenters. The molecule has 1 aromatic rings. The van der Waals surface area contributed by atoms with E-state index in [9.17, 15) is 8.78 Å². The lowest BCUT2D eigenvalue weighted by Crippen LogP contribution is -2.32. The smallest absolute Gasteiger partial charge is 0.126 e. The topological polar surface area (TPSA) is 12.0 Å². The molecule has 1 saturated carbocycles. The number of nitrogens with one attached hydrogen (secondary N) is 1. The van der Waals surface area contributed by atoms with Gasteiger partial charge in [0.05, 0.1) is 0 Å². The Morgan fingerprint density at radius 2 is 2.05 bits per heavy atom. The Morgan fingerprint density at radius 3 is 2.80 bits per heavy atom. The minimum atomic E-state index is -0.333. The first-order chi connectivity index (χ1) is 9.61. The Bertz CT molecular complexity index is 433. The molecule has 1 nitrogen and oxygen atoms in total. The molecule has 0 spiro atoms. The summed E-state index contributed by atoms with van der Waals surface area (Å²) in [6.45, 7) is 6.24. The SMILES string of the molecule is CCCNCC1CCC(C)CC1c1cc(F)ccc1F. The molecule has 0 amide bonds.